The minimum Gasteiger partial charge on any atom is -0.502 e. The number of carbonyl (C=O) groups is 3. The van der Waals surface area contributed by atoms with Crippen LogP contribution in [0.4, 0.5) is 5.69 Å². The molecule has 9 nitrogen and oxygen atoms in total. The van der Waals surface area contributed by atoms with E-state index in [4.69, 9.17) is 5.14 Å². The highest BCUT2D eigenvalue weighted by molar-refractivity contribution is 7.89. The molecular formula is C20H19N3O6S. The van der Waals surface area contributed by atoms with E-state index >= 15 is 0 Å². The first-order valence-electron chi connectivity index (χ1n) is 8.87. The summed E-state index contributed by atoms with van der Waals surface area (Å²) in [5.74, 6) is -2.33. The van der Waals surface area contributed by atoms with Crippen molar-refractivity contribution in [3.05, 3.63) is 65.4 Å². The number of sulfonamides is 1. The second kappa shape index (κ2) is 8.09. The van der Waals surface area contributed by atoms with E-state index in [1.54, 1.807) is 24.3 Å². The van der Waals surface area contributed by atoms with Crippen molar-refractivity contribution in [2.24, 2.45) is 5.14 Å². The highest BCUT2D eigenvalue weighted by Gasteiger charge is 2.38. The predicted octanol–water partition coefficient (Wildman–Crippen LogP) is 1.17. The molecule has 3 amide bonds. The third-order valence-corrected chi connectivity index (χ3v) is 5.44. The molecule has 3 rings (SSSR count). The first-order valence-corrected chi connectivity index (χ1v) is 10.4. The summed E-state index contributed by atoms with van der Waals surface area (Å²) in [5.41, 5.74) is 1.44. The number of benzene rings is 2. The van der Waals surface area contributed by atoms with Gasteiger partial charge in [0.05, 0.1) is 10.5 Å². The van der Waals surface area contributed by atoms with Gasteiger partial charge >= 0.3 is 0 Å². The maximum atomic E-state index is 12.7. The van der Waals surface area contributed by atoms with Crippen LogP contribution in [0.25, 0.3) is 5.57 Å². The number of carbonyl (C=O) groups excluding carboxylic acids is 3. The lowest BCUT2D eigenvalue weighted by Gasteiger charge is -2.14. The van der Waals surface area contributed by atoms with E-state index in [9.17, 15) is 27.9 Å². The molecule has 0 atom stereocenters. The Hall–Kier alpha value is -3.50. The van der Waals surface area contributed by atoms with Gasteiger partial charge in [-0.1, -0.05) is 24.3 Å². The van der Waals surface area contributed by atoms with Crippen LogP contribution in [0.5, 0.6) is 0 Å². The normalized spacial score (nSPS) is 14.4. The molecule has 0 radical (unpaired) electrons. The van der Waals surface area contributed by atoms with Crippen LogP contribution in [-0.2, 0) is 30.8 Å². The number of imide groups is 1. The van der Waals surface area contributed by atoms with Gasteiger partial charge in [-0.3, -0.25) is 19.3 Å². The Morgan fingerprint density at radius 1 is 1.03 bits per heavy atom. The summed E-state index contributed by atoms with van der Waals surface area (Å²) in [7, 11) is -3.80. The number of primary sulfonamides is 1. The van der Waals surface area contributed by atoms with Crippen molar-refractivity contribution < 1.29 is 27.9 Å². The summed E-state index contributed by atoms with van der Waals surface area (Å²) >= 11 is 0. The lowest BCUT2D eigenvalue weighted by molar-refractivity contribution is -0.138. The molecule has 0 unspecified atom stereocenters. The third kappa shape index (κ3) is 4.39. The Bertz CT molecular complexity index is 1150. The molecule has 10 heteroatoms. The molecule has 0 bridgehead atoms. The highest BCUT2D eigenvalue weighted by atomic mass is 32.2. The maximum Gasteiger partial charge on any atom is 0.296 e. The van der Waals surface area contributed by atoms with E-state index in [-0.39, 0.29) is 29.3 Å². The van der Waals surface area contributed by atoms with E-state index in [0.29, 0.717) is 16.8 Å². The second-order valence-electron chi connectivity index (χ2n) is 6.68. The monoisotopic (exact) mass is 429 g/mol. The molecule has 156 valence electrons. The molecule has 0 spiro atoms. The second-order valence-corrected chi connectivity index (χ2v) is 8.24. The minimum absolute atomic E-state index is 0.00389. The van der Waals surface area contributed by atoms with Crippen LogP contribution in [0.2, 0.25) is 0 Å². The molecule has 2 aromatic carbocycles. The molecule has 0 aliphatic carbocycles. The highest BCUT2D eigenvalue weighted by Crippen LogP contribution is 2.29. The average Bonchev–Trinajstić information content (AvgIpc) is 2.89. The molecule has 1 aliphatic rings. The van der Waals surface area contributed by atoms with E-state index in [1.165, 1.54) is 31.2 Å². The van der Waals surface area contributed by atoms with Crippen LogP contribution in [-0.4, -0.2) is 42.7 Å². The Morgan fingerprint density at radius 3 is 2.17 bits per heavy atom. The fourth-order valence-corrected chi connectivity index (χ4v) is 3.55. The maximum absolute atomic E-state index is 12.7. The van der Waals surface area contributed by atoms with E-state index in [1.807, 2.05) is 0 Å². The summed E-state index contributed by atoms with van der Waals surface area (Å²) in [6.45, 7) is 1.37. The van der Waals surface area contributed by atoms with Gasteiger partial charge in [-0.15, -0.1) is 0 Å². The number of anilines is 1. The van der Waals surface area contributed by atoms with E-state index < -0.39 is 27.6 Å². The van der Waals surface area contributed by atoms with Gasteiger partial charge in [0.1, 0.15) is 0 Å². The van der Waals surface area contributed by atoms with Gasteiger partial charge in [-0.2, -0.15) is 0 Å². The molecule has 1 aliphatic heterocycles. The number of nitrogens with two attached hydrogens (primary N) is 1. The van der Waals surface area contributed by atoms with Gasteiger partial charge in [-0.25, -0.2) is 13.6 Å². The Kier molecular flexibility index (Phi) is 5.72. The van der Waals surface area contributed by atoms with Gasteiger partial charge in [0.25, 0.3) is 11.8 Å². The number of aliphatic hydroxyl groups is 1. The van der Waals surface area contributed by atoms with Crippen LogP contribution < -0.4 is 10.5 Å². The fraction of sp³-hybridized carbons (Fsp3) is 0.150. The minimum atomic E-state index is -3.80. The van der Waals surface area contributed by atoms with Crippen LogP contribution in [0.3, 0.4) is 0 Å². The Balaban J connectivity index is 1.73. The van der Waals surface area contributed by atoms with Crippen molar-refractivity contribution in [3.8, 4) is 0 Å². The number of aliphatic hydroxyl groups excluding tert-OH is 1. The van der Waals surface area contributed by atoms with Gasteiger partial charge < -0.3 is 10.4 Å². The Morgan fingerprint density at radius 2 is 1.63 bits per heavy atom. The molecule has 0 saturated heterocycles. The summed E-state index contributed by atoms with van der Waals surface area (Å²) < 4.78 is 22.6. The zero-order valence-electron chi connectivity index (χ0n) is 16.0. The molecule has 2 aromatic rings. The summed E-state index contributed by atoms with van der Waals surface area (Å²) in [6.07, 6.45) is 0.268. The largest absolute Gasteiger partial charge is 0.502 e. The number of amides is 3. The van der Waals surface area contributed by atoms with Crippen molar-refractivity contribution in [1.29, 1.82) is 0 Å². The van der Waals surface area contributed by atoms with Crippen LogP contribution in [0, 0.1) is 0 Å². The van der Waals surface area contributed by atoms with Crippen molar-refractivity contribution in [2.45, 2.75) is 18.2 Å². The van der Waals surface area contributed by atoms with Crippen molar-refractivity contribution >= 4 is 39.0 Å². The average molecular weight is 429 g/mol. The standard InChI is InChI=1S/C20H19N3O6S/c1-12(24)22-15-6-4-14(5-7-15)17-18(25)20(27)23(19(17)26)11-10-13-2-8-16(9-3-13)30(21,28)29/h2-9,25H,10-11H2,1H3,(H,22,24)(H2,21,28,29). The first-order chi connectivity index (χ1) is 14.1. The zero-order valence-corrected chi connectivity index (χ0v) is 16.8. The van der Waals surface area contributed by atoms with Crippen molar-refractivity contribution in [3.63, 3.8) is 0 Å². The molecule has 0 aromatic heterocycles. The lowest BCUT2D eigenvalue weighted by atomic mass is 10.0. The van der Waals surface area contributed by atoms with E-state index in [0.717, 1.165) is 4.90 Å². The molecular weight excluding hydrogens is 410 g/mol. The van der Waals surface area contributed by atoms with Crippen LogP contribution in [0.15, 0.2) is 59.2 Å². The van der Waals surface area contributed by atoms with Crippen molar-refractivity contribution in [2.75, 3.05) is 11.9 Å². The molecule has 4 N–H and O–H groups in total. The SMILES string of the molecule is CC(=O)Nc1ccc(C2=C(O)C(=O)N(CCc3ccc(S(N)(=O)=O)cc3)C2=O)cc1. The number of hydrogen-bond acceptors (Lipinski definition) is 6. The van der Waals surface area contributed by atoms with Crippen LogP contribution in [0.1, 0.15) is 18.1 Å². The lowest BCUT2D eigenvalue weighted by Crippen LogP contribution is -2.33. The number of nitrogens with one attached hydrogen (secondary N) is 1. The van der Waals surface area contributed by atoms with Gasteiger partial charge in [-0.05, 0) is 41.8 Å². The van der Waals surface area contributed by atoms with E-state index in [2.05, 4.69) is 5.32 Å². The summed E-state index contributed by atoms with van der Waals surface area (Å²) in [5, 5.41) is 17.9. The Labute approximate surface area is 172 Å². The summed E-state index contributed by atoms with van der Waals surface area (Å²) in [4.78, 5) is 37.1. The quantitative estimate of drug-likeness (QED) is 0.588. The summed E-state index contributed by atoms with van der Waals surface area (Å²) in [6, 6.07) is 11.9. The number of rotatable bonds is 6. The number of hydrogen-bond donors (Lipinski definition) is 3. The first kappa shape index (κ1) is 21.2. The van der Waals surface area contributed by atoms with Gasteiger partial charge in [0.15, 0.2) is 5.76 Å². The molecule has 0 fully saturated rings. The smallest absolute Gasteiger partial charge is 0.296 e. The molecule has 30 heavy (non-hydrogen) atoms. The van der Waals surface area contributed by atoms with Crippen molar-refractivity contribution in [1.82, 2.24) is 4.90 Å². The fourth-order valence-electron chi connectivity index (χ4n) is 3.04. The topological polar surface area (TPSA) is 147 Å². The third-order valence-electron chi connectivity index (χ3n) is 4.51. The predicted molar refractivity (Wildman–Crippen MR) is 109 cm³/mol. The van der Waals surface area contributed by atoms with Crippen LogP contribution >= 0.6 is 0 Å². The van der Waals surface area contributed by atoms with Gasteiger partial charge in [0.2, 0.25) is 15.9 Å². The molecule has 1 heterocycles. The zero-order chi connectivity index (χ0) is 22.1. The van der Waals surface area contributed by atoms with Gasteiger partial charge in [0, 0.05) is 19.2 Å². The molecule has 0 saturated carbocycles. The number of nitrogens with zero attached hydrogens (tertiary/aromatic N) is 1.